The molecular formula is C15H16ClN3OS2. The molecule has 2 aliphatic rings. The second-order valence-corrected chi connectivity index (χ2v) is 8.49. The largest absolute Gasteiger partial charge is 0.348 e. The van der Waals surface area contributed by atoms with Crippen LogP contribution in [-0.2, 0) is 0 Å². The standard InChI is InChI=1S/C15H16ClN3OS2/c16-13-4-3-12(22-13)15-19-11(7-21-15)14(20)18-10-5-8-1-2-9(6-10)17-8/h3-4,7-10,17H,1-2,5-6H2,(H,18,20). The second-order valence-electron chi connectivity index (χ2n) is 5.92. The van der Waals surface area contributed by atoms with Crippen LogP contribution >= 0.6 is 34.3 Å². The molecule has 0 aliphatic carbocycles. The second kappa shape index (κ2) is 5.92. The lowest BCUT2D eigenvalue weighted by Crippen LogP contribution is -2.48. The fourth-order valence-electron chi connectivity index (χ4n) is 3.35. The van der Waals surface area contributed by atoms with E-state index in [0.717, 1.165) is 27.1 Å². The van der Waals surface area contributed by atoms with Crippen molar-refractivity contribution in [2.75, 3.05) is 0 Å². The van der Waals surface area contributed by atoms with E-state index in [2.05, 4.69) is 15.6 Å². The maximum absolute atomic E-state index is 12.4. The zero-order valence-corrected chi connectivity index (χ0v) is 14.2. The normalized spacial score (nSPS) is 27.0. The quantitative estimate of drug-likeness (QED) is 0.887. The molecule has 22 heavy (non-hydrogen) atoms. The highest BCUT2D eigenvalue weighted by Crippen LogP contribution is 2.33. The lowest BCUT2D eigenvalue weighted by molar-refractivity contribution is 0.0919. The molecule has 7 heteroatoms. The van der Waals surface area contributed by atoms with Crippen LogP contribution in [0.2, 0.25) is 4.34 Å². The Kier molecular flexibility index (Phi) is 3.94. The minimum Gasteiger partial charge on any atom is -0.348 e. The third kappa shape index (κ3) is 2.93. The fourth-order valence-corrected chi connectivity index (χ4v) is 5.27. The number of thiazole rings is 1. The number of fused-ring (bicyclic) bond motifs is 2. The van der Waals surface area contributed by atoms with Crippen LogP contribution in [-0.4, -0.2) is 29.0 Å². The highest BCUT2D eigenvalue weighted by atomic mass is 35.5. The van der Waals surface area contributed by atoms with E-state index >= 15 is 0 Å². The number of carbonyl (C=O) groups is 1. The van der Waals surface area contributed by atoms with Crippen molar-refractivity contribution in [2.45, 2.75) is 43.8 Å². The zero-order chi connectivity index (χ0) is 15.1. The summed E-state index contributed by atoms with van der Waals surface area (Å²) < 4.78 is 0.737. The molecule has 4 heterocycles. The van der Waals surface area contributed by atoms with Crippen LogP contribution in [0.5, 0.6) is 0 Å². The minimum atomic E-state index is -0.0588. The first-order valence-electron chi connectivity index (χ1n) is 7.45. The summed E-state index contributed by atoms with van der Waals surface area (Å²) in [5, 5.41) is 9.42. The van der Waals surface area contributed by atoms with Gasteiger partial charge in [0.15, 0.2) is 0 Å². The van der Waals surface area contributed by atoms with E-state index in [0.29, 0.717) is 17.8 Å². The van der Waals surface area contributed by atoms with Gasteiger partial charge in [-0.3, -0.25) is 4.79 Å². The average Bonchev–Trinajstić information content (AvgIpc) is 3.19. The van der Waals surface area contributed by atoms with Gasteiger partial charge in [-0.15, -0.1) is 22.7 Å². The van der Waals surface area contributed by atoms with Crippen LogP contribution in [0.15, 0.2) is 17.5 Å². The number of carbonyl (C=O) groups excluding carboxylic acids is 1. The minimum absolute atomic E-state index is 0.0588. The summed E-state index contributed by atoms with van der Waals surface area (Å²) in [4.78, 5) is 17.9. The summed E-state index contributed by atoms with van der Waals surface area (Å²) in [6, 6.07) is 5.21. The van der Waals surface area contributed by atoms with Gasteiger partial charge in [0.05, 0.1) is 9.21 Å². The number of aromatic nitrogens is 1. The van der Waals surface area contributed by atoms with Crippen LogP contribution < -0.4 is 10.6 Å². The van der Waals surface area contributed by atoms with Gasteiger partial charge in [0, 0.05) is 23.5 Å². The molecule has 0 spiro atoms. The third-order valence-electron chi connectivity index (χ3n) is 4.33. The highest BCUT2D eigenvalue weighted by Gasteiger charge is 2.34. The van der Waals surface area contributed by atoms with Gasteiger partial charge in [0.2, 0.25) is 0 Å². The lowest BCUT2D eigenvalue weighted by Gasteiger charge is -2.29. The maximum atomic E-state index is 12.4. The summed E-state index contributed by atoms with van der Waals surface area (Å²) in [7, 11) is 0. The number of nitrogens with zero attached hydrogens (tertiary/aromatic N) is 1. The van der Waals surface area contributed by atoms with Gasteiger partial charge in [-0.1, -0.05) is 11.6 Å². The van der Waals surface area contributed by atoms with Crippen molar-refractivity contribution in [1.82, 2.24) is 15.6 Å². The number of amides is 1. The highest BCUT2D eigenvalue weighted by molar-refractivity contribution is 7.23. The summed E-state index contributed by atoms with van der Waals surface area (Å²) >= 11 is 8.92. The predicted octanol–water partition coefficient (Wildman–Crippen LogP) is 3.54. The monoisotopic (exact) mass is 353 g/mol. The molecule has 0 aromatic carbocycles. The van der Waals surface area contributed by atoms with E-state index in [9.17, 15) is 4.79 Å². The molecular weight excluding hydrogens is 338 g/mol. The Hall–Kier alpha value is -0.950. The Labute approximate surface area is 141 Å². The van der Waals surface area contributed by atoms with E-state index in [-0.39, 0.29) is 11.9 Å². The van der Waals surface area contributed by atoms with Gasteiger partial charge in [-0.25, -0.2) is 4.98 Å². The van der Waals surface area contributed by atoms with Crippen molar-refractivity contribution >= 4 is 40.2 Å². The first kappa shape index (κ1) is 14.6. The van der Waals surface area contributed by atoms with Gasteiger partial charge in [-0.2, -0.15) is 0 Å². The molecule has 4 nitrogen and oxygen atoms in total. The number of piperidine rings is 1. The van der Waals surface area contributed by atoms with Crippen LogP contribution in [0.3, 0.4) is 0 Å². The van der Waals surface area contributed by atoms with Crippen LogP contribution in [0.25, 0.3) is 9.88 Å². The molecule has 1 amide bonds. The van der Waals surface area contributed by atoms with E-state index in [1.54, 1.807) is 0 Å². The van der Waals surface area contributed by atoms with Crippen LogP contribution in [0.4, 0.5) is 0 Å². The molecule has 2 unspecified atom stereocenters. The Balaban J connectivity index is 1.43. The molecule has 2 atom stereocenters. The zero-order valence-electron chi connectivity index (χ0n) is 11.8. The Morgan fingerprint density at radius 1 is 1.32 bits per heavy atom. The SMILES string of the molecule is O=C(NC1CC2CCC(C1)N2)c1csc(-c2ccc(Cl)s2)n1. The first-order valence-corrected chi connectivity index (χ1v) is 9.53. The molecule has 4 rings (SSSR count). The molecule has 2 aromatic heterocycles. The Morgan fingerprint density at radius 2 is 2.09 bits per heavy atom. The third-order valence-corrected chi connectivity index (χ3v) is 6.57. The first-order chi connectivity index (χ1) is 10.7. The topological polar surface area (TPSA) is 54.0 Å². The summed E-state index contributed by atoms with van der Waals surface area (Å²) in [6.45, 7) is 0. The molecule has 2 bridgehead atoms. The lowest BCUT2D eigenvalue weighted by atomic mass is 10.00. The van der Waals surface area contributed by atoms with E-state index in [4.69, 9.17) is 11.6 Å². The molecule has 0 saturated carbocycles. The number of thiophene rings is 1. The van der Waals surface area contributed by atoms with E-state index < -0.39 is 0 Å². The summed E-state index contributed by atoms with van der Waals surface area (Å²) in [5.74, 6) is -0.0588. The molecule has 2 aromatic rings. The number of halogens is 1. The van der Waals surface area contributed by atoms with Gasteiger partial charge in [0.1, 0.15) is 10.7 Å². The summed E-state index contributed by atoms with van der Waals surface area (Å²) in [5.41, 5.74) is 0.510. The smallest absolute Gasteiger partial charge is 0.270 e. The number of hydrogen-bond acceptors (Lipinski definition) is 5. The van der Waals surface area contributed by atoms with Gasteiger partial charge >= 0.3 is 0 Å². The maximum Gasteiger partial charge on any atom is 0.270 e. The van der Waals surface area contributed by atoms with Crippen molar-refractivity contribution < 1.29 is 4.79 Å². The molecule has 116 valence electrons. The van der Waals surface area contributed by atoms with Gasteiger partial charge < -0.3 is 10.6 Å². The Bertz CT molecular complexity index is 687. The van der Waals surface area contributed by atoms with Gasteiger partial charge in [-0.05, 0) is 37.8 Å². The summed E-state index contributed by atoms with van der Waals surface area (Å²) in [6.07, 6.45) is 4.52. The van der Waals surface area contributed by atoms with Crippen molar-refractivity contribution in [3.63, 3.8) is 0 Å². The molecule has 2 N–H and O–H groups in total. The van der Waals surface area contributed by atoms with Crippen molar-refractivity contribution in [3.8, 4) is 9.88 Å². The molecule has 2 saturated heterocycles. The van der Waals surface area contributed by atoms with Crippen LogP contribution in [0, 0.1) is 0 Å². The molecule has 2 aliphatic heterocycles. The van der Waals surface area contributed by atoms with Crippen molar-refractivity contribution in [3.05, 3.63) is 27.5 Å². The number of rotatable bonds is 3. The van der Waals surface area contributed by atoms with Crippen molar-refractivity contribution in [1.29, 1.82) is 0 Å². The van der Waals surface area contributed by atoms with E-state index in [1.165, 1.54) is 35.5 Å². The Morgan fingerprint density at radius 3 is 2.77 bits per heavy atom. The fraction of sp³-hybridized carbons (Fsp3) is 0.467. The van der Waals surface area contributed by atoms with E-state index in [1.807, 2.05) is 17.5 Å². The number of nitrogens with one attached hydrogen (secondary N) is 2. The van der Waals surface area contributed by atoms with Crippen LogP contribution in [0.1, 0.15) is 36.2 Å². The predicted molar refractivity (Wildman–Crippen MR) is 90.9 cm³/mol. The number of hydrogen-bond donors (Lipinski definition) is 2. The van der Waals surface area contributed by atoms with Gasteiger partial charge in [0.25, 0.3) is 5.91 Å². The molecule has 0 radical (unpaired) electrons. The molecule has 2 fully saturated rings. The van der Waals surface area contributed by atoms with Crippen molar-refractivity contribution in [2.24, 2.45) is 0 Å². The average molecular weight is 354 g/mol.